The topological polar surface area (TPSA) is 102 Å². The molecule has 0 heterocycles. The van der Waals surface area contributed by atoms with Crippen molar-refractivity contribution in [1.29, 1.82) is 0 Å². The van der Waals surface area contributed by atoms with Crippen molar-refractivity contribution < 1.29 is 19.4 Å². The van der Waals surface area contributed by atoms with E-state index in [1.54, 1.807) is 0 Å². The molecule has 1 rings (SSSR count). The number of anilines is 1. The van der Waals surface area contributed by atoms with Crippen LogP contribution in [0.4, 0.5) is 5.69 Å². The molecule has 0 unspecified atom stereocenters. The van der Waals surface area contributed by atoms with Gasteiger partial charge in [0.1, 0.15) is 11.3 Å². The molecule has 6 heteroatoms. The smallest absolute Gasteiger partial charge is 0.339 e. The zero-order valence-electron chi connectivity index (χ0n) is 10.1. The number of carboxylic acids is 1. The van der Waals surface area contributed by atoms with Crippen molar-refractivity contribution in [3.63, 3.8) is 0 Å². The summed E-state index contributed by atoms with van der Waals surface area (Å²) < 4.78 is 5.16. The lowest BCUT2D eigenvalue weighted by Gasteiger charge is -2.09. The number of benzene rings is 1. The Morgan fingerprint density at radius 2 is 2.17 bits per heavy atom. The molecule has 0 bridgehead atoms. The third-order valence-electron chi connectivity index (χ3n) is 2.16. The van der Waals surface area contributed by atoms with E-state index < -0.39 is 5.97 Å². The highest BCUT2D eigenvalue weighted by Crippen LogP contribution is 2.21. The van der Waals surface area contributed by atoms with Gasteiger partial charge in [0.05, 0.1) is 0 Å². The zero-order chi connectivity index (χ0) is 13.5. The molecule has 0 atom stereocenters. The number of ether oxygens (including phenoxy) is 1. The Kier molecular flexibility index (Phi) is 4.98. The first kappa shape index (κ1) is 13.8. The summed E-state index contributed by atoms with van der Waals surface area (Å²) in [7, 11) is 0. The van der Waals surface area contributed by atoms with Crippen molar-refractivity contribution in [3.8, 4) is 5.75 Å². The van der Waals surface area contributed by atoms with E-state index in [0.717, 1.165) is 6.42 Å². The lowest BCUT2D eigenvalue weighted by atomic mass is 10.2. The van der Waals surface area contributed by atoms with Gasteiger partial charge in [0, 0.05) is 12.2 Å². The van der Waals surface area contributed by atoms with E-state index in [1.807, 2.05) is 6.92 Å². The van der Waals surface area contributed by atoms with Crippen LogP contribution in [0.5, 0.6) is 5.75 Å². The molecule has 4 N–H and O–H groups in total. The second kappa shape index (κ2) is 6.48. The first-order valence-corrected chi connectivity index (χ1v) is 5.57. The summed E-state index contributed by atoms with van der Waals surface area (Å²) in [5.74, 6) is -1.31. The number of hydrogen-bond acceptors (Lipinski definition) is 4. The van der Waals surface area contributed by atoms with E-state index >= 15 is 0 Å². The predicted octanol–water partition coefficient (Wildman–Crippen LogP) is 0.872. The Morgan fingerprint density at radius 3 is 2.78 bits per heavy atom. The number of hydrogen-bond donors (Lipinski definition) is 3. The van der Waals surface area contributed by atoms with E-state index in [4.69, 9.17) is 15.6 Å². The fourth-order valence-corrected chi connectivity index (χ4v) is 1.30. The van der Waals surface area contributed by atoms with Gasteiger partial charge in [-0.1, -0.05) is 6.92 Å². The molecule has 0 aromatic heterocycles. The van der Waals surface area contributed by atoms with Gasteiger partial charge in [0.25, 0.3) is 5.91 Å². The Bertz CT molecular complexity index is 446. The van der Waals surface area contributed by atoms with Gasteiger partial charge >= 0.3 is 5.97 Å². The molecule has 0 saturated heterocycles. The number of carboxylic acid groups (broad SMARTS) is 1. The molecule has 0 aliphatic heterocycles. The highest BCUT2D eigenvalue weighted by molar-refractivity contribution is 5.92. The minimum absolute atomic E-state index is 0.0571. The summed E-state index contributed by atoms with van der Waals surface area (Å²) in [4.78, 5) is 22.3. The minimum atomic E-state index is -1.15. The predicted molar refractivity (Wildman–Crippen MR) is 66.6 cm³/mol. The van der Waals surface area contributed by atoms with Crippen LogP contribution in [0.2, 0.25) is 0 Å². The molecule has 1 aromatic carbocycles. The van der Waals surface area contributed by atoms with Crippen LogP contribution < -0.4 is 15.8 Å². The number of nitrogen functional groups attached to an aromatic ring is 1. The minimum Gasteiger partial charge on any atom is -0.483 e. The Morgan fingerprint density at radius 1 is 1.44 bits per heavy atom. The van der Waals surface area contributed by atoms with E-state index in [-0.39, 0.29) is 23.8 Å². The summed E-state index contributed by atoms with van der Waals surface area (Å²) in [5, 5.41) is 11.6. The highest BCUT2D eigenvalue weighted by Gasteiger charge is 2.12. The second-order valence-electron chi connectivity index (χ2n) is 3.70. The molecule has 6 nitrogen and oxygen atoms in total. The standard InChI is InChI=1S/C12H16N2O4/c1-2-5-14-11(15)7-18-10-4-3-8(13)6-9(10)12(16)17/h3-4,6H,2,5,7,13H2,1H3,(H,14,15)(H,16,17). The number of carbonyl (C=O) groups excluding carboxylic acids is 1. The van der Waals surface area contributed by atoms with Crippen molar-refractivity contribution in [2.45, 2.75) is 13.3 Å². The molecule has 0 radical (unpaired) electrons. The van der Waals surface area contributed by atoms with E-state index in [2.05, 4.69) is 5.32 Å². The Labute approximate surface area is 105 Å². The van der Waals surface area contributed by atoms with Crippen LogP contribution in [-0.2, 0) is 4.79 Å². The summed E-state index contributed by atoms with van der Waals surface area (Å²) in [6.07, 6.45) is 0.827. The number of carbonyl (C=O) groups is 2. The molecular formula is C12H16N2O4. The van der Waals surface area contributed by atoms with Gasteiger partial charge in [-0.25, -0.2) is 4.79 Å². The van der Waals surface area contributed by atoms with Crippen molar-refractivity contribution in [2.24, 2.45) is 0 Å². The van der Waals surface area contributed by atoms with Crippen LogP contribution in [0.25, 0.3) is 0 Å². The lowest BCUT2D eigenvalue weighted by molar-refractivity contribution is -0.123. The van der Waals surface area contributed by atoms with Crippen LogP contribution in [0, 0.1) is 0 Å². The largest absolute Gasteiger partial charge is 0.483 e. The first-order valence-electron chi connectivity index (χ1n) is 5.57. The summed E-state index contributed by atoms with van der Waals surface area (Å²) in [6.45, 7) is 2.28. The summed E-state index contributed by atoms with van der Waals surface area (Å²) in [5.41, 5.74) is 5.76. The molecule has 0 saturated carbocycles. The molecular weight excluding hydrogens is 236 g/mol. The average Bonchev–Trinajstić information content (AvgIpc) is 2.34. The fraction of sp³-hybridized carbons (Fsp3) is 0.333. The second-order valence-corrected chi connectivity index (χ2v) is 3.70. The number of rotatable bonds is 6. The number of amides is 1. The van der Waals surface area contributed by atoms with E-state index in [0.29, 0.717) is 12.2 Å². The Hall–Kier alpha value is -2.24. The molecule has 18 heavy (non-hydrogen) atoms. The maximum Gasteiger partial charge on any atom is 0.339 e. The van der Waals surface area contributed by atoms with Crippen molar-refractivity contribution in [1.82, 2.24) is 5.32 Å². The van der Waals surface area contributed by atoms with Gasteiger partial charge in [0.2, 0.25) is 0 Å². The van der Waals surface area contributed by atoms with Crippen LogP contribution in [-0.4, -0.2) is 30.1 Å². The number of aromatic carboxylic acids is 1. The number of nitrogens with one attached hydrogen (secondary N) is 1. The third kappa shape index (κ3) is 3.97. The van der Waals surface area contributed by atoms with Gasteiger partial charge in [0.15, 0.2) is 6.61 Å². The summed E-state index contributed by atoms with van der Waals surface area (Å²) in [6, 6.07) is 4.25. The van der Waals surface area contributed by atoms with Gasteiger partial charge in [-0.05, 0) is 24.6 Å². The third-order valence-corrected chi connectivity index (χ3v) is 2.16. The highest BCUT2D eigenvalue weighted by atomic mass is 16.5. The normalized spacial score (nSPS) is 9.83. The van der Waals surface area contributed by atoms with Crippen LogP contribution in [0.1, 0.15) is 23.7 Å². The molecule has 1 aromatic rings. The van der Waals surface area contributed by atoms with Crippen LogP contribution >= 0.6 is 0 Å². The monoisotopic (exact) mass is 252 g/mol. The number of nitrogens with two attached hydrogens (primary N) is 1. The van der Waals surface area contributed by atoms with Crippen LogP contribution in [0.3, 0.4) is 0 Å². The fourth-order valence-electron chi connectivity index (χ4n) is 1.30. The quantitative estimate of drug-likeness (QED) is 0.652. The maximum absolute atomic E-state index is 11.3. The van der Waals surface area contributed by atoms with Crippen molar-refractivity contribution >= 4 is 17.6 Å². The maximum atomic E-state index is 11.3. The zero-order valence-corrected chi connectivity index (χ0v) is 10.1. The molecule has 1 amide bonds. The van der Waals surface area contributed by atoms with Gasteiger partial charge in [-0.15, -0.1) is 0 Å². The lowest BCUT2D eigenvalue weighted by Crippen LogP contribution is -2.29. The van der Waals surface area contributed by atoms with Gasteiger partial charge in [-0.2, -0.15) is 0 Å². The van der Waals surface area contributed by atoms with Crippen LogP contribution in [0.15, 0.2) is 18.2 Å². The van der Waals surface area contributed by atoms with Crippen molar-refractivity contribution in [2.75, 3.05) is 18.9 Å². The van der Waals surface area contributed by atoms with E-state index in [9.17, 15) is 9.59 Å². The average molecular weight is 252 g/mol. The molecule has 0 spiro atoms. The molecule has 0 aliphatic rings. The SMILES string of the molecule is CCCNC(=O)COc1ccc(N)cc1C(=O)O. The molecule has 0 aliphatic carbocycles. The Balaban J connectivity index is 2.67. The summed E-state index contributed by atoms with van der Waals surface area (Å²) >= 11 is 0. The van der Waals surface area contributed by atoms with Gasteiger partial charge in [-0.3, -0.25) is 4.79 Å². The van der Waals surface area contributed by atoms with Crippen molar-refractivity contribution in [3.05, 3.63) is 23.8 Å². The molecule has 0 fully saturated rings. The van der Waals surface area contributed by atoms with Gasteiger partial charge < -0.3 is 20.9 Å². The first-order chi connectivity index (χ1) is 8.54. The van der Waals surface area contributed by atoms with E-state index in [1.165, 1.54) is 18.2 Å². The molecule has 98 valence electrons.